The van der Waals surface area contributed by atoms with Crippen LogP contribution in [0.15, 0.2) is 24.3 Å². The molecule has 2 rings (SSSR count). The maximum atomic E-state index is 12.0. The van der Waals surface area contributed by atoms with Gasteiger partial charge in [0.2, 0.25) is 0 Å². The minimum Gasteiger partial charge on any atom is -0.449 e. The number of carbonyl (C=O) groups excluding carboxylic acids is 2. The summed E-state index contributed by atoms with van der Waals surface area (Å²) in [5.74, 6) is -1.20. The number of aliphatic hydroxyl groups excluding tert-OH is 1. The fourth-order valence-corrected chi connectivity index (χ4v) is 3.93. The topological polar surface area (TPSA) is 110 Å². The molecular formula is C15H19NO6S. The molecule has 7 nitrogen and oxygen atoms in total. The Morgan fingerprint density at radius 2 is 2.00 bits per heavy atom. The third-order valence-electron chi connectivity index (χ3n) is 3.60. The zero-order chi connectivity index (χ0) is 17.0. The molecule has 0 aliphatic carbocycles. The SMILES string of the molecule is C[C@H](OC(=O)c1ccc(CO)cc1)C(=O)N[C@@H]1CCS(=O)(=O)C1. The standard InChI is InChI=1S/C15H19NO6S/c1-10(14(18)16-13-6-7-23(20,21)9-13)22-15(19)12-4-2-11(8-17)3-5-12/h2-5,10,13,17H,6-9H2,1H3,(H,16,18)/t10-,13+/m0/s1. The second kappa shape index (κ2) is 7.10. The van der Waals surface area contributed by atoms with E-state index in [1.807, 2.05) is 0 Å². The first kappa shape index (κ1) is 17.4. The highest BCUT2D eigenvalue weighted by Gasteiger charge is 2.30. The van der Waals surface area contributed by atoms with Gasteiger partial charge in [0.15, 0.2) is 15.9 Å². The lowest BCUT2D eigenvalue weighted by Gasteiger charge is -2.16. The second-order valence-corrected chi connectivity index (χ2v) is 7.74. The van der Waals surface area contributed by atoms with Gasteiger partial charge in [-0.2, -0.15) is 0 Å². The molecule has 1 aliphatic heterocycles. The van der Waals surface area contributed by atoms with Crippen molar-refractivity contribution >= 4 is 21.7 Å². The molecule has 1 aliphatic rings. The quantitative estimate of drug-likeness (QED) is 0.731. The predicted octanol–water partition coefficient (Wildman–Crippen LogP) is 0.0275. The summed E-state index contributed by atoms with van der Waals surface area (Å²) in [6, 6.07) is 5.75. The Kier molecular flexibility index (Phi) is 5.38. The van der Waals surface area contributed by atoms with Crippen LogP contribution < -0.4 is 5.32 Å². The molecule has 8 heteroatoms. The van der Waals surface area contributed by atoms with E-state index in [1.165, 1.54) is 19.1 Å². The van der Waals surface area contributed by atoms with Crippen LogP contribution in [0.2, 0.25) is 0 Å². The van der Waals surface area contributed by atoms with Gasteiger partial charge in [0.1, 0.15) is 0 Å². The average Bonchev–Trinajstić information content (AvgIpc) is 2.86. The molecule has 0 saturated carbocycles. The number of hydrogen-bond donors (Lipinski definition) is 2. The zero-order valence-corrected chi connectivity index (χ0v) is 13.5. The molecule has 1 fully saturated rings. The zero-order valence-electron chi connectivity index (χ0n) is 12.7. The summed E-state index contributed by atoms with van der Waals surface area (Å²) in [5, 5.41) is 11.5. The van der Waals surface area contributed by atoms with E-state index >= 15 is 0 Å². The number of hydrogen-bond acceptors (Lipinski definition) is 6. The second-order valence-electron chi connectivity index (χ2n) is 5.51. The van der Waals surface area contributed by atoms with Crippen LogP contribution in [-0.2, 0) is 26.0 Å². The maximum absolute atomic E-state index is 12.0. The molecular weight excluding hydrogens is 322 g/mol. The lowest BCUT2D eigenvalue weighted by molar-refractivity contribution is -0.129. The molecule has 0 aromatic heterocycles. The molecule has 0 spiro atoms. The third-order valence-corrected chi connectivity index (χ3v) is 5.37. The third kappa shape index (κ3) is 4.77. The van der Waals surface area contributed by atoms with Crippen molar-refractivity contribution in [3.8, 4) is 0 Å². The molecule has 1 aromatic rings. The molecule has 126 valence electrons. The number of ether oxygens (including phenoxy) is 1. The average molecular weight is 341 g/mol. The predicted molar refractivity (Wildman–Crippen MR) is 82.4 cm³/mol. The summed E-state index contributed by atoms with van der Waals surface area (Å²) in [4.78, 5) is 23.9. The van der Waals surface area contributed by atoms with Gasteiger partial charge in [-0.05, 0) is 31.0 Å². The first-order chi connectivity index (χ1) is 10.8. The molecule has 2 atom stereocenters. The molecule has 1 amide bonds. The first-order valence-electron chi connectivity index (χ1n) is 7.22. The number of benzene rings is 1. The van der Waals surface area contributed by atoms with E-state index in [2.05, 4.69) is 5.32 Å². The van der Waals surface area contributed by atoms with E-state index in [-0.39, 0.29) is 23.7 Å². The first-order valence-corrected chi connectivity index (χ1v) is 9.04. The summed E-state index contributed by atoms with van der Waals surface area (Å²) in [6.07, 6.45) is -0.652. The van der Waals surface area contributed by atoms with Crippen LogP contribution in [0.1, 0.15) is 29.3 Å². The van der Waals surface area contributed by atoms with Crippen molar-refractivity contribution in [3.63, 3.8) is 0 Å². The Hall–Kier alpha value is -1.93. The monoisotopic (exact) mass is 341 g/mol. The highest BCUT2D eigenvalue weighted by atomic mass is 32.2. The van der Waals surface area contributed by atoms with Crippen molar-refractivity contribution in [3.05, 3.63) is 35.4 Å². The molecule has 1 saturated heterocycles. The Balaban J connectivity index is 1.88. The van der Waals surface area contributed by atoms with Crippen LogP contribution in [0.3, 0.4) is 0 Å². The molecule has 0 unspecified atom stereocenters. The highest BCUT2D eigenvalue weighted by Crippen LogP contribution is 2.12. The minimum atomic E-state index is -3.08. The fraction of sp³-hybridized carbons (Fsp3) is 0.467. The molecule has 1 aromatic carbocycles. The summed E-state index contributed by atoms with van der Waals surface area (Å²) in [5.41, 5.74) is 0.931. The Labute approximate surface area is 134 Å². The van der Waals surface area contributed by atoms with Gasteiger partial charge in [-0.3, -0.25) is 4.79 Å². The van der Waals surface area contributed by atoms with Crippen molar-refractivity contribution in [2.75, 3.05) is 11.5 Å². The van der Waals surface area contributed by atoms with Gasteiger partial charge in [-0.25, -0.2) is 13.2 Å². The summed E-state index contributed by atoms with van der Waals surface area (Å²) in [6.45, 7) is 1.30. The largest absolute Gasteiger partial charge is 0.449 e. The van der Waals surface area contributed by atoms with Crippen LogP contribution in [0.4, 0.5) is 0 Å². The van der Waals surface area contributed by atoms with Gasteiger partial charge in [-0.1, -0.05) is 12.1 Å². The van der Waals surface area contributed by atoms with Crippen LogP contribution in [0.5, 0.6) is 0 Å². The van der Waals surface area contributed by atoms with Gasteiger partial charge in [0.05, 0.1) is 23.7 Å². The van der Waals surface area contributed by atoms with Crippen LogP contribution in [-0.4, -0.2) is 49.1 Å². The van der Waals surface area contributed by atoms with Crippen LogP contribution >= 0.6 is 0 Å². The van der Waals surface area contributed by atoms with Crippen LogP contribution in [0.25, 0.3) is 0 Å². The molecule has 0 radical (unpaired) electrons. The summed E-state index contributed by atoms with van der Waals surface area (Å²) in [7, 11) is -3.08. The van der Waals surface area contributed by atoms with Crippen LogP contribution in [0, 0.1) is 0 Å². The van der Waals surface area contributed by atoms with E-state index in [0.29, 0.717) is 12.0 Å². The minimum absolute atomic E-state index is 0.0589. The van der Waals surface area contributed by atoms with Gasteiger partial charge in [0.25, 0.3) is 5.91 Å². The van der Waals surface area contributed by atoms with Gasteiger partial charge in [0, 0.05) is 6.04 Å². The Morgan fingerprint density at radius 3 is 2.52 bits per heavy atom. The van der Waals surface area contributed by atoms with Gasteiger partial charge in [-0.15, -0.1) is 0 Å². The number of aliphatic hydroxyl groups is 1. The van der Waals surface area contributed by atoms with Crippen molar-refractivity contribution in [1.82, 2.24) is 5.32 Å². The maximum Gasteiger partial charge on any atom is 0.338 e. The van der Waals surface area contributed by atoms with Crippen molar-refractivity contribution in [2.24, 2.45) is 0 Å². The normalized spacial score (nSPS) is 20.7. The Morgan fingerprint density at radius 1 is 1.35 bits per heavy atom. The number of amides is 1. The number of sulfone groups is 1. The Bertz CT molecular complexity index is 682. The lowest BCUT2D eigenvalue weighted by atomic mass is 10.1. The number of carbonyl (C=O) groups is 2. The van der Waals surface area contributed by atoms with Gasteiger partial charge < -0.3 is 15.2 Å². The summed E-state index contributed by atoms with van der Waals surface area (Å²) >= 11 is 0. The molecule has 2 N–H and O–H groups in total. The van der Waals surface area contributed by atoms with E-state index in [4.69, 9.17) is 9.84 Å². The number of esters is 1. The molecule has 23 heavy (non-hydrogen) atoms. The number of rotatable bonds is 5. The lowest BCUT2D eigenvalue weighted by Crippen LogP contribution is -2.42. The number of nitrogens with one attached hydrogen (secondary N) is 1. The molecule has 0 bridgehead atoms. The van der Waals surface area contributed by atoms with E-state index in [0.717, 1.165) is 0 Å². The van der Waals surface area contributed by atoms with E-state index < -0.39 is 33.9 Å². The summed E-state index contributed by atoms with van der Waals surface area (Å²) < 4.78 is 27.8. The highest BCUT2D eigenvalue weighted by molar-refractivity contribution is 7.91. The smallest absolute Gasteiger partial charge is 0.338 e. The van der Waals surface area contributed by atoms with Crippen molar-refractivity contribution in [1.29, 1.82) is 0 Å². The van der Waals surface area contributed by atoms with E-state index in [1.54, 1.807) is 12.1 Å². The molecule has 1 heterocycles. The van der Waals surface area contributed by atoms with Crippen molar-refractivity contribution in [2.45, 2.75) is 32.1 Å². The van der Waals surface area contributed by atoms with E-state index in [9.17, 15) is 18.0 Å². The fourth-order valence-electron chi connectivity index (χ4n) is 2.26. The van der Waals surface area contributed by atoms with Gasteiger partial charge >= 0.3 is 5.97 Å². The van der Waals surface area contributed by atoms with Crippen molar-refractivity contribution < 1.29 is 27.9 Å².